The number of halogens is 5. The van der Waals surface area contributed by atoms with Gasteiger partial charge in [-0.3, -0.25) is 4.90 Å². The smallest absolute Gasteiger partial charge is 0.387 e. The fraction of sp³-hybridized carbons (Fsp3) is 0.538. The maximum absolute atomic E-state index is 13.2. The number of rotatable bonds is 5. The van der Waals surface area contributed by atoms with Crippen molar-refractivity contribution in [2.45, 2.75) is 12.7 Å². The van der Waals surface area contributed by atoms with Gasteiger partial charge in [-0.15, -0.1) is 24.8 Å². The first-order valence-electron chi connectivity index (χ1n) is 6.26. The van der Waals surface area contributed by atoms with Crippen LogP contribution in [0.15, 0.2) is 24.3 Å². The maximum atomic E-state index is 13.2. The summed E-state index contributed by atoms with van der Waals surface area (Å²) in [6.07, 6.45) is 0. The molecule has 1 aliphatic rings. The fourth-order valence-electron chi connectivity index (χ4n) is 2.26. The number of alkyl halides is 3. The molecule has 0 aromatic heterocycles. The number of benzene rings is 1. The molecule has 0 amide bonds. The lowest BCUT2D eigenvalue weighted by Gasteiger charge is -2.33. The molecule has 1 aliphatic heterocycles. The topological polar surface area (TPSA) is 24.5 Å². The number of piperazine rings is 1. The third kappa shape index (κ3) is 5.90. The van der Waals surface area contributed by atoms with Crippen LogP contribution in [0.2, 0.25) is 0 Å². The molecule has 1 heterocycles. The van der Waals surface area contributed by atoms with Crippen LogP contribution in [0, 0.1) is 0 Å². The molecule has 0 spiro atoms. The van der Waals surface area contributed by atoms with Gasteiger partial charge in [-0.05, 0) is 17.7 Å². The molecule has 21 heavy (non-hydrogen) atoms. The number of hydrogen-bond acceptors (Lipinski definition) is 3. The van der Waals surface area contributed by atoms with E-state index in [1.54, 1.807) is 12.1 Å². The van der Waals surface area contributed by atoms with Gasteiger partial charge in [-0.25, -0.2) is 4.39 Å². The summed E-state index contributed by atoms with van der Waals surface area (Å²) in [4.78, 5) is 2.06. The Hall–Kier alpha value is -0.690. The zero-order chi connectivity index (χ0) is 13.7. The molecule has 122 valence electrons. The lowest BCUT2D eigenvalue weighted by molar-refractivity contribution is -0.0498. The minimum atomic E-state index is -2.84. The first-order valence-corrected chi connectivity index (χ1v) is 6.26. The van der Waals surface area contributed by atoms with E-state index in [4.69, 9.17) is 0 Å². The Bertz CT molecular complexity index is 390. The molecule has 0 aliphatic carbocycles. The normalized spacial score (nSPS) is 16.8. The van der Waals surface area contributed by atoms with E-state index in [-0.39, 0.29) is 36.6 Å². The number of ether oxygens (including phenoxy) is 1. The summed E-state index contributed by atoms with van der Waals surface area (Å²) >= 11 is 0. The van der Waals surface area contributed by atoms with Gasteiger partial charge in [0.1, 0.15) is 12.4 Å². The molecule has 1 aromatic rings. The zero-order valence-corrected chi connectivity index (χ0v) is 12.9. The van der Waals surface area contributed by atoms with Crippen LogP contribution in [0.1, 0.15) is 11.6 Å². The standard InChI is InChI=1S/C13H17F3N2O.2ClH/c14-9-12(18-7-5-17-6-8-18)10-1-3-11(4-2-10)19-13(15)16;;/h1-4,12-13,17H,5-9H2;2*1H/t12-;;/m0../s1. The second kappa shape index (κ2) is 10.1. The van der Waals surface area contributed by atoms with E-state index < -0.39 is 13.3 Å². The van der Waals surface area contributed by atoms with Crippen LogP contribution in [0.25, 0.3) is 0 Å². The highest BCUT2D eigenvalue weighted by atomic mass is 35.5. The van der Waals surface area contributed by atoms with E-state index in [0.717, 1.165) is 31.7 Å². The highest BCUT2D eigenvalue weighted by Crippen LogP contribution is 2.24. The van der Waals surface area contributed by atoms with Gasteiger partial charge in [-0.2, -0.15) is 8.78 Å². The summed E-state index contributed by atoms with van der Waals surface area (Å²) in [6, 6.07) is 5.87. The molecular weight excluding hydrogens is 328 g/mol. The number of nitrogens with one attached hydrogen (secondary N) is 1. The molecule has 0 radical (unpaired) electrons. The average molecular weight is 347 g/mol. The SMILES string of the molecule is Cl.Cl.FC[C@@H](c1ccc(OC(F)F)cc1)N1CCNCC1. The van der Waals surface area contributed by atoms with Gasteiger partial charge in [0.05, 0.1) is 6.04 Å². The zero-order valence-electron chi connectivity index (χ0n) is 11.3. The first-order chi connectivity index (χ1) is 9.20. The quantitative estimate of drug-likeness (QED) is 0.886. The highest BCUT2D eigenvalue weighted by molar-refractivity contribution is 5.85. The van der Waals surface area contributed by atoms with Crippen LogP contribution in [0.5, 0.6) is 5.75 Å². The second-order valence-corrected chi connectivity index (χ2v) is 4.40. The molecule has 0 unspecified atom stereocenters. The van der Waals surface area contributed by atoms with Crippen molar-refractivity contribution < 1.29 is 17.9 Å². The summed E-state index contributed by atoms with van der Waals surface area (Å²) in [5.41, 5.74) is 0.783. The summed E-state index contributed by atoms with van der Waals surface area (Å²) in [5, 5.41) is 3.21. The Morgan fingerprint density at radius 1 is 1.10 bits per heavy atom. The minimum Gasteiger partial charge on any atom is -0.435 e. The Labute approximate surface area is 134 Å². The van der Waals surface area contributed by atoms with Gasteiger partial charge in [0.2, 0.25) is 0 Å². The van der Waals surface area contributed by atoms with Crippen LogP contribution in [0.4, 0.5) is 13.2 Å². The molecule has 0 bridgehead atoms. The first kappa shape index (κ1) is 20.3. The lowest BCUT2D eigenvalue weighted by Crippen LogP contribution is -2.45. The Morgan fingerprint density at radius 2 is 1.67 bits per heavy atom. The van der Waals surface area contributed by atoms with E-state index in [1.807, 2.05) is 0 Å². The molecule has 3 nitrogen and oxygen atoms in total. The van der Waals surface area contributed by atoms with Crippen LogP contribution in [-0.2, 0) is 0 Å². The third-order valence-corrected chi connectivity index (χ3v) is 3.23. The van der Waals surface area contributed by atoms with Crippen molar-refractivity contribution in [2.75, 3.05) is 32.9 Å². The molecule has 1 atom stereocenters. The predicted octanol–water partition coefficient (Wildman–Crippen LogP) is 3.05. The summed E-state index contributed by atoms with van der Waals surface area (Å²) in [6.45, 7) is -0.0921. The molecular formula is C13H19Cl2F3N2O. The van der Waals surface area contributed by atoms with Gasteiger partial charge in [0.15, 0.2) is 0 Å². The van der Waals surface area contributed by atoms with Crippen molar-refractivity contribution in [3.63, 3.8) is 0 Å². The number of nitrogens with zero attached hydrogens (tertiary/aromatic N) is 1. The van der Waals surface area contributed by atoms with Crippen molar-refractivity contribution in [1.82, 2.24) is 10.2 Å². The molecule has 1 aromatic carbocycles. The van der Waals surface area contributed by atoms with Crippen molar-refractivity contribution >= 4 is 24.8 Å². The van der Waals surface area contributed by atoms with Crippen LogP contribution in [-0.4, -0.2) is 44.4 Å². The molecule has 1 fully saturated rings. The number of hydrogen-bond donors (Lipinski definition) is 1. The lowest BCUT2D eigenvalue weighted by atomic mass is 10.1. The van der Waals surface area contributed by atoms with Gasteiger partial charge in [0, 0.05) is 26.2 Å². The van der Waals surface area contributed by atoms with Crippen LogP contribution >= 0.6 is 24.8 Å². The van der Waals surface area contributed by atoms with Crippen molar-refractivity contribution in [2.24, 2.45) is 0 Å². The van der Waals surface area contributed by atoms with Gasteiger partial charge < -0.3 is 10.1 Å². The minimum absolute atomic E-state index is 0. The average Bonchev–Trinajstić information content (AvgIpc) is 2.42. The summed E-state index contributed by atoms with van der Waals surface area (Å²) in [5.74, 6) is 0.0941. The predicted molar refractivity (Wildman–Crippen MR) is 80.7 cm³/mol. The van der Waals surface area contributed by atoms with E-state index in [0.29, 0.717) is 0 Å². The molecule has 0 saturated carbocycles. The van der Waals surface area contributed by atoms with E-state index >= 15 is 0 Å². The Balaban J connectivity index is 0.00000200. The van der Waals surface area contributed by atoms with Gasteiger partial charge >= 0.3 is 6.61 Å². The van der Waals surface area contributed by atoms with Crippen molar-refractivity contribution in [3.8, 4) is 5.75 Å². The molecule has 8 heteroatoms. The van der Waals surface area contributed by atoms with E-state index in [1.165, 1.54) is 12.1 Å². The maximum Gasteiger partial charge on any atom is 0.387 e. The van der Waals surface area contributed by atoms with Crippen molar-refractivity contribution in [3.05, 3.63) is 29.8 Å². The van der Waals surface area contributed by atoms with E-state index in [9.17, 15) is 13.2 Å². The monoisotopic (exact) mass is 346 g/mol. The van der Waals surface area contributed by atoms with E-state index in [2.05, 4.69) is 15.0 Å². The Kier molecular flexibility index (Phi) is 9.77. The largest absolute Gasteiger partial charge is 0.435 e. The highest BCUT2D eigenvalue weighted by Gasteiger charge is 2.22. The molecule has 1 saturated heterocycles. The van der Waals surface area contributed by atoms with Crippen molar-refractivity contribution in [1.29, 1.82) is 0 Å². The van der Waals surface area contributed by atoms with Crippen LogP contribution < -0.4 is 10.1 Å². The summed E-state index contributed by atoms with van der Waals surface area (Å²) in [7, 11) is 0. The summed E-state index contributed by atoms with van der Waals surface area (Å²) < 4.78 is 41.6. The second-order valence-electron chi connectivity index (χ2n) is 4.40. The van der Waals surface area contributed by atoms with Crippen LogP contribution in [0.3, 0.4) is 0 Å². The molecule has 2 rings (SSSR count). The van der Waals surface area contributed by atoms with Gasteiger partial charge in [0.25, 0.3) is 0 Å². The van der Waals surface area contributed by atoms with Gasteiger partial charge in [-0.1, -0.05) is 12.1 Å². The Morgan fingerprint density at radius 3 is 2.14 bits per heavy atom. The molecule has 1 N–H and O–H groups in total. The fourth-order valence-corrected chi connectivity index (χ4v) is 2.26. The third-order valence-electron chi connectivity index (χ3n) is 3.23.